The molecular weight excluding hydrogens is 272 g/mol. The van der Waals surface area contributed by atoms with Crippen LogP contribution in [0, 0.1) is 24.2 Å². The van der Waals surface area contributed by atoms with Gasteiger partial charge in [-0.2, -0.15) is 5.26 Å². The highest BCUT2D eigenvalue weighted by molar-refractivity contribution is 6.32. The van der Waals surface area contributed by atoms with Crippen molar-refractivity contribution in [2.45, 2.75) is 45.8 Å². The molecule has 1 aromatic rings. The maximum Gasteiger partial charge on any atom is 0.101 e. The number of nitriles is 1. The topological polar surface area (TPSA) is 47.3 Å². The van der Waals surface area contributed by atoms with Crippen molar-refractivity contribution in [1.82, 2.24) is 0 Å². The Morgan fingerprint density at radius 1 is 1.55 bits per heavy atom. The molecule has 0 radical (unpaired) electrons. The average Bonchev–Trinajstić information content (AvgIpc) is 2.83. The minimum absolute atomic E-state index is 0.246. The first-order chi connectivity index (χ1) is 9.51. The maximum absolute atomic E-state index is 10.1. The van der Waals surface area contributed by atoms with E-state index >= 15 is 0 Å². The Bertz CT molecular complexity index is 538. The molecule has 20 heavy (non-hydrogen) atoms. The Kier molecular flexibility index (Phi) is 4.57. The summed E-state index contributed by atoms with van der Waals surface area (Å²) in [5.41, 5.74) is 2.54. The fraction of sp³-hybridized carbons (Fsp3) is 0.562. The Morgan fingerprint density at radius 3 is 2.85 bits per heavy atom. The van der Waals surface area contributed by atoms with Gasteiger partial charge in [0.2, 0.25) is 0 Å². The molecule has 1 N–H and O–H groups in total. The van der Waals surface area contributed by atoms with Crippen LogP contribution < -0.4 is 4.90 Å². The fourth-order valence-corrected chi connectivity index (χ4v) is 3.40. The Balaban J connectivity index is 2.30. The Labute approximate surface area is 125 Å². The number of nitrogens with zero attached hydrogens (tertiary/aromatic N) is 2. The van der Waals surface area contributed by atoms with Gasteiger partial charge in [0.05, 0.1) is 16.7 Å². The van der Waals surface area contributed by atoms with E-state index in [1.165, 1.54) is 0 Å². The molecule has 1 fully saturated rings. The minimum Gasteiger partial charge on any atom is -0.393 e. The number of aliphatic hydroxyl groups is 1. The summed E-state index contributed by atoms with van der Waals surface area (Å²) in [5.74, 6) is 0.300. The van der Waals surface area contributed by atoms with E-state index in [0.717, 1.165) is 30.6 Å². The number of benzene rings is 1. The van der Waals surface area contributed by atoms with Crippen molar-refractivity contribution < 1.29 is 5.11 Å². The predicted octanol–water partition coefficient (Wildman–Crippen LogP) is 3.51. The van der Waals surface area contributed by atoms with Crippen LogP contribution in [0.4, 0.5) is 5.69 Å². The van der Waals surface area contributed by atoms with Crippen molar-refractivity contribution in [2.75, 3.05) is 11.4 Å². The maximum atomic E-state index is 10.1. The summed E-state index contributed by atoms with van der Waals surface area (Å²) in [5, 5.41) is 19.7. The number of rotatable bonds is 3. The van der Waals surface area contributed by atoms with E-state index in [4.69, 9.17) is 16.9 Å². The van der Waals surface area contributed by atoms with Crippen LogP contribution in [0.5, 0.6) is 0 Å². The van der Waals surface area contributed by atoms with Crippen molar-refractivity contribution in [1.29, 1.82) is 5.26 Å². The van der Waals surface area contributed by atoms with Crippen LogP contribution in [0.3, 0.4) is 0 Å². The molecule has 0 aromatic heterocycles. The van der Waals surface area contributed by atoms with Crippen molar-refractivity contribution in [3.8, 4) is 6.07 Å². The summed E-state index contributed by atoms with van der Waals surface area (Å²) in [6.45, 7) is 7.05. The summed E-state index contributed by atoms with van der Waals surface area (Å²) in [7, 11) is 0. The minimum atomic E-state index is -0.246. The summed E-state index contributed by atoms with van der Waals surface area (Å²) in [6, 6.07) is 6.14. The van der Waals surface area contributed by atoms with Gasteiger partial charge in [-0.05, 0) is 44.4 Å². The molecule has 0 aliphatic carbocycles. The van der Waals surface area contributed by atoms with Crippen LogP contribution in [0.15, 0.2) is 12.1 Å². The monoisotopic (exact) mass is 292 g/mol. The second kappa shape index (κ2) is 6.03. The Morgan fingerprint density at radius 2 is 2.25 bits per heavy atom. The molecule has 3 atom stereocenters. The predicted molar refractivity (Wildman–Crippen MR) is 82.1 cm³/mol. The van der Waals surface area contributed by atoms with Gasteiger partial charge in [-0.15, -0.1) is 0 Å². The van der Waals surface area contributed by atoms with Gasteiger partial charge in [-0.1, -0.05) is 18.5 Å². The van der Waals surface area contributed by atoms with Gasteiger partial charge < -0.3 is 10.0 Å². The standard InChI is InChI=1S/C16H21ClN2O/c1-4-15(20)13-7-8-19(11(13)3)14-6-5-12(9-18)16(17)10(14)2/h5-6,11,13,15,20H,4,7-8H2,1-3H3. The molecule has 1 aliphatic rings. The van der Waals surface area contributed by atoms with Gasteiger partial charge in [0.25, 0.3) is 0 Å². The van der Waals surface area contributed by atoms with E-state index in [1.54, 1.807) is 6.07 Å². The SMILES string of the molecule is CCC(O)C1CCN(c2ccc(C#N)c(Cl)c2C)C1C. The van der Waals surface area contributed by atoms with E-state index < -0.39 is 0 Å². The van der Waals surface area contributed by atoms with E-state index in [0.29, 0.717) is 16.5 Å². The molecule has 0 bridgehead atoms. The highest BCUT2D eigenvalue weighted by Crippen LogP contribution is 2.37. The number of hydrogen-bond acceptors (Lipinski definition) is 3. The quantitative estimate of drug-likeness (QED) is 0.927. The molecular formula is C16H21ClN2O. The van der Waals surface area contributed by atoms with E-state index in [1.807, 2.05) is 19.9 Å². The van der Waals surface area contributed by atoms with Crippen molar-refractivity contribution in [2.24, 2.45) is 5.92 Å². The van der Waals surface area contributed by atoms with Gasteiger partial charge in [-0.3, -0.25) is 0 Å². The fourth-order valence-electron chi connectivity index (χ4n) is 3.19. The van der Waals surface area contributed by atoms with Gasteiger partial charge in [0.1, 0.15) is 6.07 Å². The van der Waals surface area contributed by atoms with E-state index in [2.05, 4.69) is 17.9 Å². The highest BCUT2D eigenvalue weighted by Gasteiger charge is 2.35. The molecule has 3 unspecified atom stereocenters. The molecule has 2 rings (SSSR count). The van der Waals surface area contributed by atoms with E-state index in [-0.39, 0.29) is 12.1 Å². The lowest BCUT2D eigenvalue weighted by Crippen LogP contribution is -2.35. The molecule has 3 nitrogen and oxygen atoms in total. The molecule has 108 valence electrons. The number of anilines is 1. The lowest BCUT2D eigenvalue weighted by atomic mass is 9.93. The van der Waals surface area contributed by atoms with Crippen molar-refractivity contribution >= 4 is 17.3 Å². The van der Waals surface area contributed by atoms with Crippen molar-refractivity contribution in [3.63, 3.8) is 0 Å². The normalized spacial score (nSPS) is 23.7. The third kappa shape index (κ3) is 2.51. The number of aliphatic hydroxyl groups excluding tert-OH is 1. The number of hydrogen-bond donors (Lipinski definition) is 1. The van der Waals surface area contributed by atoms with Gasteiger partial charge in [0.15, 0.2) is 0 Å². The smallest absolute Gasteiger partial charge is 0.101 e. The van der Waals surface area contributed by atoms with Gasteiger partial charge in [0, 0.05) is 24.2 Å². The molecule has 0 saturated carbocycles. The van der Waals surface area contributed by atoms with Gasteiger partial charge in [-0.25, -0.2) is 0 Å². The summed E-state index contributed by atoms with van der Waals surface area (Å²) in [4.78, 5) is 2.30. The molecule has 0 spiro atoms. The van der Waals surface area contributed by atoms with E-state index in [9.17, 15) is 5.11 Å². The number of halogens is 1. The third-order valence-corrected chi connectivity index (χ3v) is 5.00. The highest BCUT2D eigenvalue weighted by atomic mass is 35.5. The second-order valence-corrected chi connectivity index (χ2v) is 5.92. The van der Waals surface area contributed by atoms with Crippen molar-refractivity contribution in [3.05, 3.63) is 28.3 Å². The first kappa shape index (κ1) is 15.2. The van der Waals surface area contributed by atoms with Crippen LogP contribution in [-0.2, 0) is 0 Å². The van der Waals surface area contributed by atoms with Crippen LogP contribution in [-0.4, -0.2) is 23.8 Å². The third-order valence-electron chi connectivity index (χ3n) is 4.51. The van der Waals surface area contributed by atoms with Gasteiger partial charge >= 0.3 is 0 Å². The van der Waals surface area contributed by atoms with Crippen LogP contribution in [0.1, 0.15) is 37.8 Å². The summed E-state index contributed by atoms with van der Waals surface area (Å²) in [6.07, 6.45) is 1.53. The lowest BCUT2D eigenvalue weighted by molar-refractivity contribution is 0.101. The summed E-state index contributed by atoms with van der Waals surface area (Å²) < 4.78 is 0. The van der Waals surface area contributed by atoms with Crippen LogP contribution in [0.2, 0.25) is 5.02 Å². The molecule has 1 heterocycles. The lowest BCUT2D eigenvalue weighted by Gasteiger charge is -2.30. The zero-order valence-electron chi connectivity index (χ0n) is 12.2. The largest absolute Gasteiger partial charge is 0.393 e. The van der Waals surface area contributed by atoms with Crippen LogP contribution >= 0.6 is 11.6 Å². The molecule has 4 heteroatoms. The molecule has 0 amide bonds. The first-order valence-corrected chi connectivity index (χ1v) is 7.53. The summed E-state index contributed by atoms with van der Waals surface area (Å²) >= 11 is 6.25. The zero-order valence-corrected chi connectivity index (χ0v) is 13.0. The molecule has 1 aromatic carbocycles. The zero-order chi connectivity index (χ0) is 14.9. The first-order valence-electron chi connectivity index (χ1n) is 7.15. The van der Waals surface area contributed by atoms with Crippen LogP contribution in [0.25, 0.3) is 0 Å². The Hall–Kier alpha value is -1.24. The second-order valence-electron chi connectivity index (χ2n) is 5.55. The molecule has 1 saturated heterocycles. The average molecular weight is 293 g/mol. The molecule has 1 aliphatic heterocycles.